The normalized spacial score (nSPS) is 19.2. The molecule has 0 spiro atoms. The Labute approximate surface area is 123 Å². The Morgan fingerprint density at radius 3 is 2.57 bits per heavy atom. The lowest BCUT2D eigenvalue weighted by molar-refractivity contribution is 0.549. The van der Waals surface area contributed by atoms with E-state index in [1.165, 1.54) is 11.3 Å². The third-order valence-electron chi connectivity index (χ3n) is 4.20. The molecule has 2 aromatic carbocycles. The molecule has 5 heteroatoms. The highest BCUT2D eigenvalue weighted by Crippen LogP contribution is 2.25. The van der Waals surface area contributed by atoms with Crippen LogP contribution >= 0.6 is 0 Å². The van der Waals surface area contributed by atoms with Gasteiger partial charge in [0.25, 0.3) is 10.9 Å². The molecule has 1 unspecified atom stereocenters. The fourth-order valence-electron chi connectivity index (χ4n) is 3.06. The van der Waals surface area contributed by atoms with Gasteiger partial charge in [-0.2, -0.15) is 0 Å². The van der Waals surface area contributed by atoms with Gasteiger partial charge in [0, 0.05) is 31.4 Å². The zero-order valence-corrected chi connectivity index (χ0v) is 12.3. The van der Waals surface area contributed by atoms with Crippen LogP contribution in [-0.2, 0) is 0 Å². The lowest BCUT2D eigenvalue weighted by Crippen LogP contribution is -2.55. The van der Waals surface area contributed by atoms with Gasteiger partial charge in [-0.25, -0.2) is 0 Å². The molecule has 2 aromatic rings. The maximum atomic E-state index is 11.6. The number of hydrogen-bond acceptors (Lipinski definition) is 5. The van der Waals surface area contributed by atoms with Crippen molar-refractivity contribution in [2.75, 3.05) is 35.2 Å². The third-order valence-corrected chi connectivity index (χ3v) is 4.20. The number of hydrogen-bond donors (Lipinski definition) is 1. The molecule has 0 aliphatic carbocycles. The van der Waals surface area contributed by atoms with Crippen molar-refractivity contribution in [3.8, 4) is 0 Å². The summed E-state index contributed by atoms with van der Waals surface area (Å²) in [4.78, 5) is 27.1. The van der Waals surface area contributed by atoms with E-state index in [1.807, 2.05) is 4.90 Å². The number of benzene rings is 1. The minimum atomic E-state index is -0.543. The lowest BCUT2D eigenvalue weighted by Gasteiger charge is -2.42. The minimum absolute atomic E-state index is 0.121. The molecule has 1 fully saturated rings. The monoisotopic (exact) mass is 285 g/mol. The molecular formula is C16H19N3O2. The number of nitrogens with zero attached hydrogens (tertiary/aromatic N) is 2. The van der Waals surface area contributed by atoms with Crippen LogP contribution in [0.15, 0.2) is 33.9 Å². The number of aryl methyl sites for hydroxylation is 1. The van der Waals surface area contributed by atoms with Gasteiger partial charge < -0.3 is 15.5 Å². The first-order valence-electron chi connectivity index (χ1n) is 7.16. The molecule has 2 N–H and O–H groups in total. The van der Waals surface area contributed by atoms with Crippen LogP contribution in [0.4, 0.5) is 17.1 Å². The van der Waals surface area contributed by atoms with Gasteiger partial charge in [-0.3, -0.25) is 9.59 Å². The van der Waals surface area contributed by atoms with E-state index < -0.39 is 10.9 Å². The highest BCUT2D eigenvalue weighted by atomic mass is 16.2. The van der Waals surface area contributed by atoms with Crippen LogP contribution in [0.3, 0.4) is 0 Å². The summed E-state index contributed by atoms with van der Waals surface area (Å²) in [6, 6.07) is 8.65. The second kappa shape index (κ2) is 4.91. The number of nitrogens with two attached hydrogens (primary N) is 1. The smallest absolute Gasteiger partial charge is 0.253 e. The zero-order chi connectivity index (χ0) is 15.1. The number of nitrogen functional groups attached to an aromatic ring is 1. The van der Waals surface area contributed by atoms with Crippen molar-refractivity contribution in [1.82, 2.24) is 0 Å². The first kappa shape index (κ1) is 13.7. The molecule has 5 nitrogen and oxygen atoms in total. The van der Waals surface area contributed by atoms with E-state index in [1.54, 1.807) is 0 Å². The van der Waals surface area contributed by atoms with Gasteiger partial charge in [0.1, 0.15) is 11.4 Å². The van der Waals surface area contributed by atoms with E-state index in [4.69, 9.17) is 5.73 Å². The summed E-state index contributed by atoms with van der Waals surface area (Å²) >= 11 is 0. The van der Waals surface area contributed by atoms with E-state index >= 15 is 0 Å². The van der Waals surface area contributed by atoms with Crippen molar-refractivity contribution in [3.05, 3.63) is 50.3 Å². The van der Waals surface area contributed by atoms with E-state index in [-0.39, 0.29) is 11.7 Å². The average molecular weight is 285 g/mol. The number of piperazine rings is 1. The van der Waals surface area contributed by atoms with Crippen molar-refractivity contribution in [2.24, 2.45) is 0 Å². The summed E-state index contributed by atoms with van der Waals surface area (Å²) in [5.74, 6) is 0. The predicted octanol–water partition coefficient (Wildman–Crippen LogP) is 0.888. The molecule has 1 heterocycles. The zero-order valence-electron chi connectivity index (χ0n) is 12.3. The maximum absolute atomic E-state index is 11.6. The molecule has 110 valence electrons. The molecule has 1 saturated heterocycles. The molecule has 0 saturated carbocycles. The molecule has 1 aliphatic heterocycles. The van der Waals surface area contributed by atoms with Crippen molar-refractivity contribution < 1.29 is 0 Å². The Kier molecular flexibility index (Phi) is 3.20. The molecule has 1 aliphatic rings. The van der Waals surface area contributed by atoms with E-state index in [0.29, 0.717) is 18.8 Å². The van der Waals surface area contributed by atoms with E-state index in [2.05, 4.69) is 43.0 Å². The molecule has 0 aromatic heterocycles. The fourth-order valence-corrected chi connectivity index (χ4v) is 3.06. The van der Waals surface area contributed by atoms with Crippen LogP contribution in [0, 0.1) is 6.92 Å². The predicted molar refractivity (Wildman–Crippen MR) is 86.0 cm³/mol. The molecule has 0 radical (unpaired) electrons. The Morgan fingerprint density at radius 2 is 1.95 bits per heavy atom. The van der Waals surface area contributed by atoms with Gasteiger partial charge in [-0.15, -0.1) is 0 Å². The highest BCUT2D eigenvalue weighted by molar-refractivity contribution is 5.73. The van der Waals surface area contributed by atoms with Gasteiger partial charge >= 0.3 is 0 Å². The summed E-state index contributed by atoms with van der Waals surface area (Å²) in [7, 11) is 0. The van der Waals surface area contributed by atoms with E-state index in [9.17, 15) is 9.59 Å². The van der Waals surface area contributed by atoms with Crippen LogP contribution in [0.5, 0.6) is 0 Å². The Hall–Kier alpha value is -2.30. The van der Waals surface area contributed by atoms with Crippen LogP contribution < -0.4 is 26.4 Å². The number of rotatable bonds is 2. The van der Waals surface area contributed by atoms with Crippen LogP contribution in [0.25, 0.3) is 0 Å². The average Bonchev–Trinajstić information content (AvgIpc) is 2.47. The minimum Gasteiger partial charge on any atom is -0.394 e. The van der Waals surface area contributed by atoms with E-state index in [0.717, 1.165) is 6.54 Å². The summed E-state index contributed by atoms with van der Waals surface area (Å²) in [6.07, 6.45) is 0. The van der Waals surface area contributed by atoms with Gasteiger partial charge in [-0.1, -0.05) is 12.1 Å². The largest absolute Gasteiger partial charge is 0.394 e. The van der Waals surface area contributed by atoms with Gasteiger partial charge in [0.2, 0.25) is 0 Å². The van der Waals surface area contributed by atoms with Gasteiger partial charge in [-0.05, 0) is 31.5 Å². The van der Waals surface area contributed by atoms with Crippen LogP contribution in [-0.4, -0.2) is 25.7 Å². The highest BCUT2D eigenvalue weighted by Gasteiger charge is 2.30. The standard InChI is InChI=1S/C16H19N3O2/c1-10-4-3-5-12(8-10)19-7-6-18(9-11(19)2)14-13(17)15(20)16(14)21/h3-5,8,11H,6-7,9,17H2,1-2H3. The summed E-state index contributed by atoms with van der Waals surface area (Å²) in [5, 5.41) is 0. The third kappa shape index (κ3) is 2.18. The summed E-state index contributed by atoms with van der Waals surface area (Å²) in [6.45, 7) is 6.41. The van der Waals surface area contributed by atoms with Crippen LogP contribution in [0.2, 0.25) is 0 Å². The topological polar surface area (TPSA) is 66.6 Å². The fraction of sp³-hybridized carbons (Fsp3) is 0.375. The second-order valence-corrected chi connectivity index (χ2v) is 5.75. The molecule has 21 heavy (non-hydrogen) atoms. The Bertz CT molecular complexity index is 746. The first-order chi connectivity index (χ1) is 9.99. The second-order valence-electron chi connectivity index (χ2n) is 5.75. The van der Waals surface area contributed by atoms with Gasteiger partial charge in [0.15, 0.2) is 0 Å². The number of anilines is 3. The lowest BCUT2D eigenvalue weighted by atomic mass is 10.1. The van der Waals surface area contributed by atoms with Gasteiger partial charge in [0.05, 0.1) is 0 Å². The summed E-state index contributed by atoms with van der Waals surface area (Å²) in [5.41, 5.74) is 7.63. The molecule has 3 rings (SSSR count). The molecule has 0 amide bonds. The Morgan fingerprint density at radius 1 is 1.19 bits per heavy atom. The quantitative estimate of drug-likeness (QED) is 0.830. The molecule has 1 atom stereocenters. The first-order valence-corrected chi connectivity index (χ1v) is 7.16. The molecule has 0 bridgehead atoms. The summed E-state index contributed by atoms with van der Waals surface area (Å²) < 4.78 is 0. The van der Waals surface area contributed by atoms with Crippen molar-refractivity contribution in [3.63, 3.8) is 0 Å². The Balaban J connectivity index is 1.79. The van der Waals surface area contributed by atoms with Crippen molar-refractivity contribution in [1.29, 1.82) is 0 Å². The SMILES string of the molecule is Cc1cccc(N2CCN(c3c(N)c(=O)c3=O)CC2C)c1. The van der Waals surface area contributed by atoms with Crippen LogP contribution in [0.1, 0.15) is 12.5 Å². The maximum Gasteiger partial charge on any atom is 0.253 e. The molecular weight excluding hydrogens is 266 g/mol. The van der Waals surface area contributed by atoms with Crippen molar-refractivity contribution in [2.45, 2.75) is 19.9 Å². The van der Waals surface area contributed by atoms with Crippen molar-refractivity contribution >= 4 is 17.1 Å².